The standard InChI is InChI=1S/C8H10FN/c1-8(5-6-9)4-2-3-7-10/h2,4-5H,3,6H2,1H3/b4-2-,8-5-. The second-order valence-corrected chi connectivity index (χ2v) is 1.87. The van der Waals surface area contributed by atoms with Crippen molar-refractivity contribution >= 4 is 0 Å². The molecule has 0 aliphatic carbocycles. The Balaban J connectivity index is 3.68. The highest BCUT2D eigenvalue weighted by Crippen LogP contribution is 1.95. The van der Waals surface area contributed by atoms with Crippen LogP contribution in [0.15, 0.2) is 23.8 Å². The Morgan fingerprint density at radius 3 is 2.90 bits per heavy atom. The average Bonchev–Trinajstić information content (AvgIpc) is 1.89. The van der Waals surface area contributed by atoms with Crippen molar-refractivity contribution in [2.45, 2.75) is 13.3 Å². The first kappa shape index (κ1) is 8.90. The number of nitriles is 1. The largest absolute Gasteiger partial charge is 0.247 e. The SMILES string of the molecule is CC(/C=C\CC#N)=C/CF. The van der Waals surface area contributed by atoms with Crippen molar-refractivity contribution in [2.24, 2.45) is 0 Å². The van der Waals surface area contributed by atoms with E-state index in [0.29, 0.717) is 6.42 Å². The minimum Gasteiger partial charge on any atom is -0.247 e. The monoisotopic (exact) mass is 139 g/mol. The van der Waals surface area contributed by atoms with Crippen LogP contribution in [-0.2, 0) is 0 Å². The summed E-state index contributed by atoms with van der Waals surface area (Å²) in [5, 5.41) is 8.11. The topological polar surface area (TPSA) is 23.8 Å². The van der Waals surface area contributed by atoms with Crippen LogP contribution < -0.4 is 0 Å². The lowest BCUT2D eigenvalue weighted by Gasteiger charge is -1.85. The molecule has 0 aromatic carbocycles. The predicted octanol–water partition coefficient (Wildman–Crippen LogP) is 2.37. The highest BCUT2D eigenvalue weighted by atomic mass is 19.1. The van der Waals surface area contributed by atoms with E-state index in [1.165, 1.54) is 6.08 Å². The van der Waals surface area contributed by atoms with Crippen molar-refractivity contribution in [1.29, 1.82) is 5.26 Å². The minimum atomic E-state index is -0.442. The second kappa shape index (κ2) is 6.03. The Labute approximate surface area is 60.5 Å². The zero-order valence-corrected chi connectivity index (χ0v) is 5.97. The van der Waals surface area contributed by atoms with Crippen LogP contribution in [0.1, 0.15) is 13.3 Å². The summed E-state index contributed by atoms with van der Waals surface area (Å²) < 4.78 is 11.6. The van der Waals surface area contributed by atoms with Gasteiger partial charge in [-0.3, -0.25) is 0 Å². The summed E-state index contributed by atoms with van der Waals surface area (Å²) in [7, 11) is 0. The van der Waals surface area contributed by atoms with Gasteiger partial charge < -0.3 is 0 Å². The van der Waals surface area contributed by atoms with Gasteiger partial charge in [0.2, 0.25) is 0 Å². The molecule has 0 unspecified atom stereocenters. The maximum Gasteiger partial charge on any atom is 0.108 e. The zero-order chi connectivity index (χ0) is 7.82. The first-order valence-electron chi connectivity index (χ1n) is 3.07. The summed E-state index contributed by atoms with van der Waals surface area (Å²) in [6.07, 6.45) is 5.30. The molecule has 0 saturated heterocycles. The van der Waals surface area contributed by atoms with Gasteiger partial charge in [-0.05, 0) is 6.92 Å². The molecule has 0 amide bonds. The molecular formula is C8H10FN. The molecule has 0 aromatic heterocycles. The predicted molar refractivity (Wildman–Crippen MR) is 39.1 cm³/mol. The molecule has 10 heavy (non-hydrogen) atoms. The summed E-state index contributed by atoms with van der Waals surface area (Å²) in [6.45, 7) is 1.36. The molecule has 0 aromatic rings. The number of rotatable bonds is 3. The third kappa shape index (κ3) is 5.04. The van der Waals surface area contributed by atoms with Gasteiger partial charge in [0.25, 0.3) is 0 Å². The van der Waals surface area contributed by atoms with Gasteiger partial charge in [-0.15, -0.1) is 0 Å². The third-order valence-corrected chi connectivity index (χ3v) is 0.989. The van der Waals surface area contributed by atoms with Gasteiger partial charge >= 0.3 is 0 Å². The summed E-state index contributed by atoms with van der Waals surface area (Å²) >= 11 is 0. The molecule has 0 atom stereocenters. The van der Waals surface area contributed by atoms with Gasteiger partial charge in [0, 0.05) is 0 Å². The lowest BCUT2D eigenvalue weighted by atomic mass is 10.2. The van der Waals surface area contributed by atoms with Crippen LogP contribution in [0, 0.1) is 11.3 Å². The Morgan fingerprint density at radius 1 is 1.70 bits per heavy atom. The number of hydrogen-bond donors (Lipinski definition) is 0. The van der Waals surface area contributed by atoms with Gasteiger partial charge in [-0.25, -0.2) is 4.39 Å². The van der Waals surface area contributed by atoms with Gasteiger partial charge in [0.05, 0.1) is 12.5 Å². The van der Waals surface area contributed by atoms with Crippen LogP contribution in [0.5, 0.6) is 0 Å². The summed E-state index contributed by atoms with van der Waals surface area (Å²) in [5.41, 5.74) is 0.859. The Kier molecular flexibility index (Phi) is 5.36. The van der Waals surface area contributed by atoms with Crippen LogP contribution in [0.25, 0.3) is 0 Å². The maximum absolute atomic E-state index is 11.6. The molecule has 0 N–H and O–H groups in total. The van der Waals surface area contributed by atoms with Crippen LogP contribution >= 0.6 is 0 Å². The molecular weight excluding hydrogens is 129 g/mol. The number of hydrogen-bond acceptors (Lipinski definition) is 1. The van der Waals surface area contributed by atoms with Crippen LogP contribution in [-0.4, -0.2) is 6.67 Å². The number of nitrogens with zero attached hydrogens (tertiary/aromatic N) is 1. The third-order valence-electron chi connectivity index (χ3n) is 0.989. The first-order valence-corrected chi connectivity index (χ1v) is 3.07. The van der Waals surface area contributed by atoms with Crippen molar-refractivity contribution in [1.82, 2.24) is 0 Å². The summed E-state index contributed by atoms with van der Waals surface area (Å²) in [4.78, 5) is 0. The van der Waals surface area contributed by atoms with Gasteiger partial charge in [0.15, 0.2) is 0 Å². The zero-order valence-electron chi connectivity index (χ0n) is 5.97. The van der Waals surface area contributed by atoms with Crippen molar-refractivity contribution in [3.05, 3.63) is 23.8 Å². The quantitative estimate of drug-likeness (QED) is 0.550. The van der Waals surface area contributed by atoms with Crippen molar-refractivity contribution in [3.63, 3.8) is 0 Å². The fraction of sp³-hybridized carbons (Fsp3) is 0.375. The fourth-order valence-corrected chi connectivity index (χ4v) is 0.487. The molecule has 0 spiro atoms. The smallest absolute Gasteiger partial charge is 0.108 e. The highest BCUT2D eigenvalue weighted by molar-refractivity contribution is 5.16. The van der Waals surface area contributed by atoms with Gasteiger partial charge in [-0.2, -0.15) is 5.26 Å². The van der Waals surface area contributed by atoms with E-state index in [1.54, 1.807) is 19.1 Å². The lowest BCUT2D eigenvalue weighted by molar-refractivity contribution is 0.560. The average molecular weight is 139 g/mol. The van der Waals surface area contributed by atoms with Crippen molar-refractivity contribution in [2.75, 3.05) is 6.67 Å². The summed E-state index contributed by atoms with van der Waals surface area (Å²) in [5.74, 6) is 0. The highest BCUT2D eigenvalue weighted by Gasteiger charge is 1.78. The Morgan fingerprint density at radius 2 is 2.40 bits per heavy atom. The van der Waals surface area contributed by atoms with E-state index < -0.39 is 6.67 Å². The molecule has 0 fully saturated rings. The molecule has 54 valence electrons. The van der Waals surface area contributed by atoms with E-state index in [-0.39, 0.29) is 0 Å². The van der Waals surface area contributed by atoms with Crippen LogP contribution in [0.2, 0.25) is 0 Å². The first-order chi connectivity index (χ1) is 4.81. The molecule has 0 rings (SSSR count). The van der Waals surface area contributed by atoms with E-state index in [1.807, 2.05) is 6.07 Å². The molecule has 0 aliphatic heterocycles. The molecule has 0 heterocycles. The van der Waals surface area contributed by atoms with Crippen LogP contribution in [0.4, 0.5) is 4.39 Å². The van der Waals surface area contributed by atoms with E-state index in [9.17, 15) is 4.39 Å². The number of alkyl halides is 1. The number of halogens is 1. The van der Waals surface area contributed by atoms with E-state index in [2.05, 4.69) is 0 Å². The fourth-order valence-electron chi connectivity index (χ4n) is 0.487. The van der Waals surface area contributed by atoms with Gasteiger partial charge in [-0.1, -0.05) is 23.8 Å². The second-order valence-electron chi connectivity index (χ2n) is 1.87. The maximum atomic E-state index is 11.6. The van der Waals surface area contributed by atoms with Gasteiger partial charge in [0.1, 0.15) is 6.67 Å². The van der Waals surface area contributed by atoms with E-state index in [0.717, 1.165) is 5.57 Å². The molecule has 0 saturated carbocycles. The minimum absolute atomic E-state index is 0.386. The van der Waals surface area contributed by atoms with Crippen molar-refractivity contribution in [3.8, 4) is 6.07 Å². The Hall–Kier alpha value is -1.10. The van der Waals surface area contributed by atoms with E-state index >= 15 is 0 Å². The Bertz CT molecular complexity index is 174. The summed E-state index contributed by atoms with van der Waals surface area (Å²) in [6, 6.07) is 1.96. The van der Waals surface area contributed by atoms with Crippen LogP contribution in [0.3, 0.4) is 0 Å². The molecule has 0 radical (unpaired) electrons. The molecule has 0 bridgehead atoms. The normalized spacial score (nSPS) is 11.9. The molecule has 2 heteroatoms. The number of allylic oxidation sites excluding steroid dienone is 4. The van der Waals surface area contributed by atoms with E-state index in [4.69, 9.17) is 5.26 Å². The molecule has 1 nitrogen and oxygen atoms in total. The van der Waals surface area contributed by atoms with Crippen molar-refractivity contribution < 1.29 is 4.39 Å². The molecule has 0 aliphatic rings. The lowest BCUT2D eigenvalue weighted by Crippen LogP contribution is -1.70.